The van der Waals surface area contributed by atoms with Crippen LogP contribution >= 0.6 is 0 Å². The van der Waals surface area contributed by atoms with Crippen molar-refractivity contribution in [3.63, 3.8) is 0 Å². The number of aromatic hydroxyl groups is 1. The quantitative estimate of drug-likeness (QED) is 0.672. The Labute approximate surface area is 182 Å². The fraction of sp³-hybridized carbons (Fsp3) is 0.400. The third-order valence-electron chi connectivity index (χ3n) is 5.72. The van der Waals surface area contributed by atoms with Crippen molar-refractivity contribution in [2.75, 3.05) is 13.1 Å². The van der Waals surface area contributed by atoms with Gasteiger partial charge in [-0.05, 0) is 70.0 Å². The SMILES string of the molecule is Cc1cc(C)cc(Oc2c(C)oc3c(C[NH+]4C[C@@H](C)O[C@H](C)C4)c(O)ccc3c2=O)c1. The van der Waals surface area contributed by atoms with Gasteiger partial charge in [-0.2, -0.15) is 0 Å². The first-order valence-corrected chi connectivity index (χ1v) is 10.7. The first-order valence-electron chi connectivity index (χ1n) is 10.7. The molecule has 1 fully saturated rings. The highest BCUT2D eigenvalue weighted by Crippen LogP contribution is 2.31. The second-order valence-corrected chi connectivity index (χ2v) is 8.77. The Hall–Kier alpha value is -2.83. The van der Waals surface area contributed by atoms with E-state index in [1.54, 1.807) is 19.1 Å². The molecule has 2 aromatic carbocycles. The minimum Gasteiger partial charge on any atom is -0.507 e. The number of rotatable bonds is 4. The van der Waals surface area contributed by atoms with E-state index < -0.39 is 0 Å². The number of benzene rings is 2. The number of quaternary nitrogens is 1. The maximum atomic E-state index is 13.3. The number of phenols is 1. The van der Waals surface area contributed by atoms with Crippen LogP contribution in [0, 0.1) is 20.8 Å². The molecule has 1 saturated heterocycles. The Morgan fingerprint density at radius 2 is 1.71 bits per heavy atom. The van der Waals surface area contributed by atoms with E-state index in [9.17, 15) is 9.90 Å². The normalized spacial score (nSPS) is 21.4. The van der Waals surface area contributed by atoms with E-state index in [1.165, 1.54) is 4.90 Å². The molecule has 1 aliphatic heterocycles. The summed E-state index contributed by atoms with van der Waals surface area (Å²) in [6.45, 7) is 12.0. The van der Waals surface area contributed by atoms with Gasteiger partial charge in [-0.3, -0.25) is 4.79 Å². The van der Waals surface area contributed by atoms with Crippen molar-refractivity contribution in [2.45, 2.75) is 53.4 Å². The summed E-state index contributed by atoms with van der Waals surface area (Å²) in [6, 6.07) is 9.00. The van der Waals surface area contributed by atoms with Crippen LogP contribution in [-0.4, -0.2) is 30.4 Å². The van der Waals surface area contributed by atoms with Crippen LogP contribution < -0.4 is 15.1 Å². The van der Waals surface area contributed by atoms with Crippen LogP contribution in [-0.2, 0) is 11.3 Å². The summed E-state index contributed by atoms with van der Waals surface area (Å²) in [5, 5.41) is 11.0. The molecule has 2 N–H and O–H groups in total. The molecule has 0 spiro atoms. The maximum absolute atomic E-state index is 13.3. The highest BCUT2D eigenvalue weighted by Gasteiger charge is 2.28. The second kappa shape index (κ2) is 8.36. The molecule has 6 nitrogen and oxygen atoms in total. The summed E-state index contributed by atoms with van der Waals surface area (Å²) in [5.41, 5.74) is 2.95. The van der Waals surface area contributed by atoms with Gasteiger partial charge < -0.3 is 23.9 Å². The maximum Gasteiger partial charge on any atom is 0.235 e. The van der Waals surface area contributed by atoms with Crippen LogP contribution in [0.4, 0.5) is 0 Å². The number of fused-ring (bicyclic) bond motifs is 1. The van der Waals surface area contributed by atoms with Crippen molar-refractivity contribution in [1.29, 1.82) is 0 Å². The van der Waals surface area contributed by atoms with Gasteiger partial charge in [-0.15, -0.1) is 0 Å². The van der Waals surface area contributed by atoms with Crippen molar-refractivity contribution < 1.29 is 23.9 Å². The van der Waals surface area contributed by atoms with Gasteiger partial charge in [0.2, 0.25) is 11.2 Å². The Bertz CT molecular complexity index is 1150. The summed E-state index contributed by atoms with van der Waals surface area (Å²) in [5.74, 6) is 1.31. The van der Waals surface area contributed by atoms with E-state index in [4.69, 9.17) is 13.9 Å². The molecule has 4 rings (SSSR count). The summed E-state index contributed by atoms with van der Waals surface area (Å²) >= 11 is 0. The van der Waals surface area contributed by atoms with E-state index in [2.05, 4.69) is 13.8 Å². The van der Waals surface area contributed by atoms with E-state index in [1.807, 2.05) is 32.0 Å². The van der Waals surface area contributed by atoms with Crippen molar-refractivity contribution in [2.24, 2.45) is 0 Å². The number of morpholine rings is 1. The number of hydrogen-bond acceptors (Lipinski definition) is 5. The predicted molar refractivity (Wildman–Crippen MR) is 119 cm³/mol. The summed E-state index contributed by atoms with van der Waals surface area (Å²) < 4.78 is 17.9. The molecule has 2 heterocycles. The molecule has 6 heteroatoms. The predicted octanol–water partition coefficient (Wildman–Crippen LogP) is 3.41. The van der Waals surface area contributed by atoms with E-state index in [0.29, 0.717) is 34.6 Å². The molecule has 3 aromatic rings. The first kappa shape index (κ1) is 21.4. The van der Waals surface area contributed by atoms with Gasteiger partial charge in [-0.1, -0.05) is 6.07 Å². The molecule has 0 unspecified atom stereocenters. The standard InChI is InChI=1S/C25H29NO5/c1-14-8-15(2)10-19(9-14)31-24-18(5)30-25-20(23(24)28)6-7-22(27)21(25)13-26-11-16(3)29-17(4)12-26/h6-10,16-17,27H,11-13H2,1-5H3/p+1/t16-,17-/m1/s1. The lowest BCUT2D eigenvalue weighted by Crippen LogP contribution is -3.14. The average Bonchev–Trinajstić information content (AvgIpc) is 2.66. The van der Waals surface area contributed by atoms with Gasteiger partial charge in [0, 0.05) is 0 Å². The lowest BCUT2D eigenvalue weighted by atomic mass is 10.1. The van der Waals surface area contributed by atoms with E-state index >= 15 is 0 Å². The van der Waals surface area contributed by atoms with E-state index in [-0.39, 0.29) is 29.1 Å². The highest BCUT2D eigenvalue weighted by molar-refractivity contribution is 5.83. The van der Waals surface area contributed by atoms with Crippen LogP contribution in [0.3, 0.4) is 0 Å². The molecule has 1 aromatic heterocycles. The molecule has 164 valence electrons. The Morgan fingerprint density at radius 3 is 2.35 bits per heavy atom. The van der Waals surface area contributed by atoms with Crippen molar-refractivity contribution in [1.82, 2.24) is 0 Å². The Balaban J connectivity index is 1.75. The van der Waals surface area contributed by atoms with Crippen molar-refractivity contribution in [3.8, 4) is 17.2 Å². The zero-order valence-electron chi connectivity index (χ0n) is 18.7. The topological polar surface area (TPSA) is 73.3 Å². The fourth-order valence-electron chi connectivity index (χ4n) is 4.58. The van der Waals surface area contributed by atoms with Crippen LogP contribution in [0.5, 0.6) is 17.2 Å². The molecule has 0 saturated carbocycles. The molecule has 0 bridgehead atoms. The van der Waals surface area contributed by atoms with Crippen molar-refractivity contribution >= 4 is 11.0 Å². The summed E-state index contributed by atoms with van der Waals surface area (Å²) in [7, 11) is 0. The Morgan fingerprint density at radius 1 is 1.06 bits per heavy atom. The molecule has 0 amide bonds. The van der Waals surface area contributed by atoms with Crippen molar-refractivity contribution in [3.05, 3.63) is 63.0 Å². The van der Waals surface area contributed by atoms with Crippen LogP contribution in [0.15, 0.2) is 39.5 Å². The van der Waals surface area contributed by atoms with Crippen LogP contribution in [0.1, 0.15) is 36.3 Å². The van der Waals surface area contributed by atoms with Gasteiger partial charge in [0.05, 0.1) is 10.9 Å². The van der Waals surface area contributed by atoms with E-state index in [0.717, 1.165) is 24.2 Å². The van der Waals surface area contributed by atoms with Gasteiger partial charge in [0.25, 0.3) is 0 Å². The lowest BCUT2D eigenvalue weighted by molar-refractivity contribution is -0.928. The number of aryl methyl sites for hydroxylation is 3. The zero-order valence-corrected chi connectivity index (χ0v) is 18.7. The number of nitrogens with one attached hydrogen (secondary N) is 1. The van der Waals surface area contributed by atoms with Crippen LogP contribution in [0.25, 0.3) is 11.0 Å². The molecule has 0 aliphatic carbocycles. The Kier molecular flexibility index (Phi) is 5.77. The average molecular weight is 425 g/mol. The summed E-state index contributed by atoms with van der Waals surface area (Å²) in [6.07, 6.45) is 0.282. The third-order valence-corrected chi connectivity index (χ3v) is 5.72. The van der Waals surface area contributed by atoms with Gasteiger partial charge in [0.1, 0.15) is 49.1 Å². The minimum absolute atomic E-state index is 0.136. The molecule has 31 heavy (non-hydrogen) atoms. The fourth-order valence-corrected chi connectivity index (χ4v) is 4.58. The smallest absolute Gasteiger partial charge is 0.235 e. The molecule has 0 radical (unpaired) electrons. The number of ether oxygens (including phenoxy) is 2. The van der Waals surface area contributed by atoms with Crippen LogP contribution in [0.2, 0.25) is 0 Å². The molecule has 1 aliphatic rings. The number of phenolic OH excluding ortho intramolecular Hbond substituents is 1. The largest absolute Gasteiger partial charge is 0.507 e. The lowest BCUT2D eigenvalue weighted by Gasteiger charge is -2.32. The summed E-state index contributed by atoms with van der Waals surface area (Å²) in [4.78, 5) is 14.6. The minimum atomic E-state index is -0.238. The second-order valence-electron chi connectivity index (χ2n) is 8.77. The molecular formula is C25H30NO5+. The third kappa shape index (κ3) is 4.45. The molecule has 2 atom stereocenters. The van der Waals surface area contributed by atoms with Gasteiger partial charge >= 0.3 is 0 Å². The zero-order chi connectivity index (χ0) is 22.3. The van der Waals surface area contributed by atoms with Gasteiger partial charge in [0.15, 0.2) is 5.58 Å². The molecular weight excluding hydrogens is 394 g/mol. The van der Waals surface area contributed by atoms with Gasteiger partial charge in [-0.25, -0.2) is 0 Å². The first-order chi connectivity index (χ1) is 14.7. The number of hydrogen-bond donors (Lipinski definition) is 2. The monoisotopic (exact) mass is 424 g/mol. The highest BCUT2D eigenvalue weighted by atomic mass is 16.5.